The highest BCUT2D eigenvalue weighted by atomic mass is 16.5. The predicted molar refractivity (Wildman–Crippen MR) is 157 cm³/mol. The number of fused-ring (bicyclic) bond motifs is 1. The van der Waals surface area contributed by atoms with Crippen LogP contribution < -0.4 is 10.1 Å². The fourth-order valence-electron chi connectivity index (χ4n) is 5.51. The lowest BCUT2D eigenvalue weighted by atomic mass is 9.95. The normalized spacial score (nSPS) is 15.3. The fourth-order valence-corrected chi connectivity index (χ4v) is 5.51. The number of carbonyl (C=O) groups excluding carboxylic acids is 2. The number of hydrogen-bond acceptors (Lipinski definition) is 6. The molecule has 208 valence electrons. The first-order chi connectivity index (χ1) is 19.4. The van der Waals surface area contributed by atoms with E-state index < -0.39 is 6.09 Å². The van der Waals surface area contributed by atoms with E-state index in [1.165, 1.54) is 7.11 Å². The summed E-state index contributed by atoms with van der Waals surface area (Å²) in [5.41, 5.74) is 5.20. The van der Waals surface area contributed by atoms with Gasteiger partial charge in [0.05, 0.1) is 25.5 Å². The zero-order valence-electron chi connectivity index (χ0n) is 23.4. The number of carbonyl (C=O) groups is 2. The molecular formula is C31H35N5O4. The number of rotatable bonds is 7. The molecule has 2 amide bonds. The van der Waals surface area contributed by atoms with Crippen molar-refractivity contribution in [3.63, 3.8) is 0 Å². The zero-order chi connectivity index (χ0) is 28.2. The number of aromatic amines is 1. The molecule has 9 heteroatoms. The van der Waals surface area contributed by atoms with Crippen LogP contribution in [0, 0.1) is 5.92 Å². The highest BCUT2D eigenvalue weighted by Crippen LogP contribution is 2.36. The largest absolute Gasteiger partial charge is 0.496 e. The summed E-state index contributed by atoms with van der Waals surface area (Å²) >= 11 is 0. The Kier molecular flexibility index (Phi) is 8.02. The van der Waals surface area contributed by atoms with Gasteiger partial charge in [0.2, 0.25) is 0 Å². The maximum atomic E-state index is 13.9. The number of ether oxygens (including phenoxy) is 2. The molecule has 1 aliphatic rings. The van der Waals surface area contributed by atoms with E-state index in [-0.39, 0.29) is 5.91 Å². The van der Waals surface area contributed by atoms with Crippen molar-refractivity contribution < 1.29 is 19.1 Å². The second-order valence-corrected chi connectivity index (χ2v) is 10.4. The van der Waals surface area contributed by atoms with Gasteiger partial charge in [-0.25, -0.2) is 9.78 Å². The van der Waals surface area contributed by atoms with Crippen LogP contribution in [0.5, 0.6) is 5.75 Å². The van der Waals surface area contributed by atoms with Crippen molar-refractivity contribution in [2.45, 2.75) is 12.8 Å². The number of nitrogens with one attached hydrogen (secondary N) is 2. The number of pyridine rings is 1. The van der Waals surface area contributed by atoms with Crippen LogP contribution in [0.2, 0.25) is 0 Å². The van der Waals surface area contributed by atoms with E-state index in [1.807, 2.05) is 47.5 Å². The third kappa shape index (κ3) is 5.65. The Morgan fingerprint density at radius 1 is 1.10 bits per heavy atom. The van der Waals surface area contributed by atoms with Crippen LogP contribution in [0.4, 0.5) is 10.5 Å². The molecule has 1 aliphatic heterocycles. The van der Waals surface area contributed by atoms with E-state index in [1.54, 1.807) is 19.4 Å². The lowest BCUT2D eigenvalue weighted by molar-refractivity contribution is 0.0656. The third-order valence-corrected chi connectivity index (χ3v) is 7.36. The quantitative estimate of drug-likeness (QED) is 0.321. The van der Waals surface area contributed by atoms with Gasteiger partial charge in [0.15, 0.2) is 0 Å². The van der Waals surface area contributed by atoms with Gasteiger partial charge in [0.1, 0.15) is 11.4 Å². The Hall–Kier alpha value is -4.37. The SMILES string of the molecule is COC(=O)Nc1ccc(-c2cnc3[nH]cc(-c4ccccc4OC)c3c2)cc1C(=O)N1CCCC(CN(C)C)C1. The summed E-state index contributed by atoms with van der Waals surface area (Å²) in [5, 5.41) is 3.66. The van der Waals surface area contributed by atoms with Crippen molar-refractivity contribution in [3.05, 3.63) is 66.5 Å². The van der Waals surface area contributed by atoms with Crippen LogP contribution in [0.1, 0.15) is 23.2 Å². The van der Waals surface area contributed by atoms with Crippen molar-refractivity contribution in [1.29, 1.82) is 0 Å². The molecule has 4 aromatic rings. The van der Waals surface area contributed by atoms with Crippen LogP contribution in [0.25, 0.3) is 33.3 Å². The van der Waals surface area contributed by atoms with Crippen LogP contribution >= 0.6 is 0 Å². The van der Waals surface area contributed by atoms with Gasteiger partial charge >= 0.3 is 6.09 Å². The molecule has 0 spiro atoms. The lowest BCUT2D eigenvalue weighted by Crippen LogP contribution is -2.43. The number of hydrogen-bond donors (Lipinski definition) is 2. The van der Waals surface area contributed by atoms with Crippen molar-refractivity contribution in [2.24, 2.45) is 5.92 Å². The minimum Gasteiger partial charge on any atom is -0.496 e. The molecule has 1 saturated heterocycles. The van der Waals surface area contributed by atoms with Crippen LogP contribution in [0.15, 0.2) is 60.9 Å². The molecule has 5 rings (SSSR count). The second kappa shape index (κ2) is 11.8. The highest BCUT2D eigenvalue weighted by molar-refractivity contribution is 6.04. The number of likely N-dealkylation sites (tertiary alicyclic amines) is 1. The summed E-state index contributed by atoms with van der Waals surface area (Å²) in [7, 11) is 7.07. The second-order valence-electron chi connectivity index (χ2n) is 10.4. The van der Waals surface area contributed by atoms with Gasteiger partial charge in [-0.15, -0.1) is 0 Å². The van der Waals surface area contributed by atoms with E-state index >= 15 is 0 Å². The molecule has 1 unspecified atom stereocenters. The van der Waals surface area contributed by atoms with E-state index in [9.17, 15) is 9.59 Å². The Bertz CT molecular complexity index is 1530. The van der Waals surface area contributed by atoms with Gasteiger partial charge in [0.25, 0.3) is 5.91 Å². The summed E-state index contributed by atoms with van der Waals surface area (Å²) in [6, 6.07) is 15.4. The summed E-state index contributed by atoms with van der Waals surface area (Å²) in [5.74, 6) is 1.07. The van der Waals surface area contributed by atoms with Crippen LogP contribution in [-0.2, 0) is 4.74 Å². The topological polar surface area (TPSA) is 99.8 Å². The van der Waals surface area contributed by atoms with Gasteiger partial charge in [-0.1, -0.05) is 24.3 Å². The molecular weight excluding hydrogens is 506 g/mol. The Morgan fingerprint density at radius 2 is 1.93 bits per heavy atom. The number of nitrogens with zero attached hydrogens (tertiary/aromatic N) is 3. The molecule has 0 radical (unpaired) electrons. The number of benzene rings is 2. The lowest BCUT2D eigenvalue weighted by Gasteiger charge is -2.34. The average molecular weight is 542 g/mol. The first-order valence-electron chi connectivity index (χ1n) is 13.4. The summed E-state index contributed by atoms with van der Waals surface area (Å²) < 4.78 is 10.4. The van der Waals surface area contributed by atoms with Gasteiger partial charge in [-0.3, -0.25) is 10.1 Å². The highest BCUT2D eigenvalue weighted by Gasteiger charge is 2.27. The summed E-state index contributed by atoms with van der Waals surface area (Å²) in [4.78, 5) is 38.0. The maximum Gasteiger partial charge on any atom is 0.411 e. The van der Waals surface area contributed by atoms with E-state index in [4.69, 9.17) is 9.47 Å². The van der Waals surface area contributed by atoms with E-state index in [2.05, 4.69) is 40.3 Å². The molecule has 3 heterocycles. The smallest absolute Gasteiger partial charge is 0.411 e. The Balaban J connectivity index is 1.53. The van der Waals surface area contributed by atoms with Gasteiger partial charge in [-0.05, 0) is 62.7 Å². The minimum atomic E-state index is -0.622. The number of methoxy groups -OCH3 is 2. The molecule has 9 nitrogen and oxygen atoms in total. The standard InChI is InChI=1S/C31H35N5O4/c1-35(2)18-20-8-7-13-36(19-20)30(37)25-14-21(11-12-27(25)34-31(38)40-4)22-15-24-26(17-33-29(24)32-16-22)23-9-5-6-10-28(23)39-3/h5-6,9-12,14-17,20H,7-8,13,18-19H2,1-4H3,(H,32,33)(H,34,38). The maximum absolute atomic E-state index is 13.9. The summed E-state index contributed by atoms with van der Waals surface area (Å²) in [6.45, 7) is 2.29. The molecule has 1 atom stereocenters. The number of H-pyrrole nitrogens is 1. The van der Waals surface area contributed by atoms with Crippen LogP contribution in [0.3, 0.4) is 0 Å². The monoisotopic (exact) mass is 541 g/mol. The molecule has 0 aliphatic carbocycles. The fraction of sp³-hybridized carbons (Fsp3) is 0.323. The number of piperidine rings is 1. The van der Waals surface area contributed by atoms with Crippen molar-refractivity contribution in [3.8, 4) is 28.0 Å². The van der Waals surface area contributed by atoms with Gasteiger partial charge < -0.3 is 24.3 Å². The van der Waals surface area contributed by atoms with Crippen molar-refractivity contribution >= 4 is 28.7 Å². The predicted octanol–water partition coefficient (Wildman–Crippen LogP) is 5.50. The molecule has 2 N–H and O–H groups in total. The van der Waals surface area contributed by atoms with Gasteiger partial charge in [0, 0.05) is 54.1 Å². The molecule has 1 fully saturated rings. The molecule has 0 bridgehead atoms. The number of aromatic nitrogens is 2. The Morgan fingerprint density at radius 3 is 2.70 bits per heavy atom. The number of anilines is 1. The van der Waals surface area contributed by atoms with Crippen LogP contribution in [-0.4, -0.2) is 79.7 Å². The van der Waals surface area contributed by atoms with Crippen molar-refractivity contribution in [2.75, 3.05) is 53.3 Å². The zero-order valence-corrected chi connectivity index (χ0v) is 23.4. The summed E-state index contributed by atoms with van der Waals surface area (Å²) in [6.07, 6.45) is 5.13. The molecule has 2 aromatic carbocycles. The number of amides is 2. The minimum absolute atomic E-state index is 0.109. The van der Waals surface area contributed by atoms with E-state index in [0.29, 0.717) is 30.3 Å². The molecule has 0 saturated carbocycles. The van der Waals surface area contributed by atoms with Crippen molar-refractivity contribution in [1.82, 2.24) is 19.8 Å². The average Bonchev–Trinajstić information content (AvgIpc) is 3.40. The van der Waals surface area contributed by atoms with E-state index in [0.717, 1.165) is 58.4 Å². The van der Waals surface area contributed by atoms with Gasteiger partial charge in [-0.2, -0.15) is 0 Å². The number of para-hydroxylation sites is 1. The third-order valence-electron chi connectivity index (χ3n) is 7.36. The Labute approximate surface area is 234 Å². The molecule has 40 heavy (non-hydrogen) atoms. The first kappa shape index (κ1) is 27.2. The molecule has 2 aromatic heterocycles. The first-order valence-corrected chi connectivity index (χ1v) is 13.4.